The van der Waals surface area contributed by atoms with Gasteiger partial charge in [0, 0.05) is 27.6 Å². The Kier molecular flexibility index (Phi) is 6.96. The van der Waals surface area contributed by atoms with E-state index in [4.69, 9.17) is 26.2 Å². The predicted molar refractivity (Wildman–Crippen MR) is 126 cm³/mol. The number of hydrogen-bond acceptors (Lipinski definition) is 4. The summed E-state index contributed by atoms with van der Waals surface area (Å²) in [5.74, 6) is 0.710. The first-order valence-electron chi connectivity index (χ1n) is 11.5. The number of fused-ring (bicyclic) bond motifs is 2. The van der Waals surface area contributed by atoms with E-state index in [1.165, 1.54) is 11.1 Å². The number of rotatable bonds is 8. The molecule has 6 heteroatoms. The highest BCUT2D eigenvalue weighted by atomic mass is 35.5. The van der Waals surface area contributed by atoms with Crippen molar-refractivity contribution in [3.8, 4) is 11.5 Å². The minimum Gasteiger partial charge on any atom is -0.492 e. The normalized spacial score (nSPS) is 18.2. The summed E-state index contributed by atoms with van der Waals surface area (Å²) in [7, 11) is 0. The van der Waals surface area contributed by atoms with Gasteiger partial charge in [0.15, 0.2) is 0 Å². The van der Waals surface area contributed by atoms with Crippen LogP contribution in [0, 0.1) is 5.92 Å². The maximum Gasteiger partial charge on any atom is 0.306 e. The lowest BCUT2D eigenvalue weighted by Gasteiger charge is -2.38. The van der Waals surface area contributed by atoms with Crippen LogP contribution in [0.25, 0.3) is 0 Å². The van der Waals surface area contributed by atoms with E-state index in [1.807, 2.05) is 24.3 Å². The molecule has 0 saturated carbocycles. The lowest BCUT2D eigenvalue weighted by molar-refractivity contribution is -0.141. The Morgan fingerprint density at radius 1 is 1.28 bits per heavy atom. The highest BCUT2D eigenvalue weighted by Gasteiger charge is 2.43. The molecular weight excluding hydrogens is 426 g/mol. The number of aliphatic carboxylic acids is 1. The van der Waals surface area contributed by atoms with Crippen LogP contribution in [0.3, 0.4) is 0 Å². The summed E-state index contributed by atoms with van der Waals surface area (Å²) in [4.78, 5) is 13.4. The van der Waals surface area contributed by atoms with E-state index in [2.05, 4.69) is 24.0 Å². The zero-order chi connectivity index (χ0) is 22.7. The number of carbonyl (C=O) groups is 1. The van der Waals surface area contributed by atoms with E-state index < -0.39 is 5.97 Å². The monoisotopic (exact) mass is 457 g/mol. The van der Waals surface area contributed by atoms with Crippen molar-refractivity contribution < 1.29 is 19.4 Å². The van der Waals surface area contributed by atoms with Gasteiger partial charge in [0.1, 0.15) is 18.1 Å². The molecule has 0 aromatic heterocycles. The molecule has 172 valence electrons. The average molecular weight is 458 g/mol. The first kappa shape index (κ1) is 22.9. The summed E-state index contributed by atoms with van der Waals surface area (Å²) < 4.78 is 12.2. The molecule has 2 aromatic carbocycles. The molecule has 1 saturated heterocycles. The van der Waals surface area contributed by atoms with Gasteiger partial charge in [-0.3, -0.25) is 4.79 Å². The number of piperidine rings is 1. The molecule has 5 nitrogen and oxygen atoms in total. The van der Waals surface area contributed by atoms with Crippen molar-refractivity contribution in [1.29, 1.82) is 0 Å². The van der Waals surface area contributed by atoms with Crippen molar-refractivity contribution >= 4 is 17.6 Å². The summed E-state index contributed by atoms with van der Waals surface area (Å²) in [6, 6.07) is 12.2. The summed E-state index contributed by atoms with van der Waals surface area (Å²) in [6.45, 7) is 7.83. The van der Waals surface area contributed by atoms with Gasteiger partial charge >= 0.3 is 5.97 Å². The highest BCUT2D eigenvalue weighted by molar-refractivity contribution is 6.31. The van der Waals surface area contributed by atoms with Gasteiger partial charge in [-0.2, -0.15) is 0 Å². The molecular formula is C26H32ClNO4. The smallest absolute Gasteiger partial charge is 0.306 e. The zero-order valence-corrected chi connectivity index (χ0v) is 19.7. The van der Waals surface area contributed by atoms with Gasteiger partial charge in [0.05, 0.1) is 12.5 Å². The number of halogens is 1. The van der Waals surface area contributed by atoms with Crippen molar-refractivity contribution in [3.05, 3.63) is 58.1 Å². The standard InChI is InChI=1S/C26H32ClNO4/c1-3-19-5-4-6-23(27)21(19)16-31-20-7-8-22-24(15-20)32-17-26(22)10-13-28(14-11-26)12-9-18(2)25(29)30/h4-8,15,18H,3,9-14,16-17H2,1-2H3,(H,29,30). The minimum atomic E-state index is -0.713. The number of hydrogen-bond donors (Lipinski definition) is 1. The van der Waals surface area contributed by atoms with Gasteiger partial charge in [-0.15, -0.1) is 0 Å². The second-order valence-electron chi connectivity index (χ2n) is 9.12. The second-order valence-corrected chi connectivity index (χ2v) is 9.52. The Hall–Kier alpha value is -2.24. The van der Waals surface area contributed by atoms with Crippen molar-refractivity contribution in [2.24, 2.45) is 5.92 Å². The van der Waals surface area contributed by atoms with Gasteiger partial charge in [-0.1, -0.05) is 43.6 Å². The number of carboxylic acid groups (broad SMARTS) is 1. The third kappa shape index (κ3) is 4.74. The van der Waals surface area contributed by atoms with Crippen molar-refractivity contribution in [2.45, 2.75) is 51.6 Å². The van der Waals surface area contributed by atoms with Crippen molar-refractivity contribution in [2.75, 3.05) is 26.2 Å². The molecule has 0 bridgehead atoms. The van der Waals surface area contributed by atoms with Crippen LogP contribution in [0.5, 0.6) is 11.5 Å². The first-order valence-corrected chi connectivity index (χ1v) is 11.9. The number of aryl methyl sites for hydroxylation is 1. The Bertz CT molecular complexity index is 968. The molecule has 1 fully saturated rings. The molecule has 2 aliphatic rings. The number of likely N-dealkylation sites (tertiary alicyclic amines) is 1. The van der Waals surface area contributed by atoms with E-state index in [0.717, 1.165) is 61.0 Å². The highest BCUT2D eigenvalue weighted by Crippen LogP contribution is 2.46. The third-order valence-electron chi connectivity index (χ3n) is 7.12. The van der Waals surface area contributed by atoms with Gasteiger partial charge in [0.2, 0.25) is 0 Å². The van der Waals surface area contributed by atoms with E-state index in [0.29, 0.717) is 19.6 Å². The number of benzene rings is 2. The number of carboxylic acids is 1. The largest absolute Gasteiger partial charge is 0.492 e. The summed E-state index contributed by atoms with van der Waals surface area (Å²) in [6.07, 6.45) is 3.67. The Morgan fingerprint density at radius 3 is 2.78 bits per heavy atom. The Balaban J connectivity index is 1.38. The average Bonchev–Trinajstić information content (AvgIpc) is 3.14. The van der Waals surface area contributed by atoms with E-state index >= 15 is 0 Å². The molecule has 1 unspecified atom stereocenters. The molecule has 32 heavy (non-hydrogen) atoms. The third-order valence-corrected chi connectivity index (χ3v) is 7.48. The fourth-order valence-corrected chi connectivity index (χ4v) is 5.06. The quantitative estimate of drug-likeness (QED) is 0.581. The van der Waals surface area contributed by atoms with E-state index in [-0.39, 0.29) is 11.3 Å². The van der Waals surface area contributed by atoms with Gasteiger partial charge in [-0.25, -0.2) is 0 Å². The summed E-state index contributed by atoms with van der Waals surface area (Å²) in [5.41, 5.74) is 3.58. The summed E-state index contributed by atoms with van der Waals surface area (Å²) in [5, 5.41) is 9.84. The molecule has 0 radical (unpaired) electrons. The molecule has 1 N–H and O–H groups in total. The van der Waals surface area contributed by atoms with Crippen LogP contribution in [0.15, 0.2) is 36.4 Å². The van der Waals surface area contributed by atoms with Crippen LogP contribution < -0.4 is 9.47 Å². The maximum atomic E-state index is 11.1. The molecule has 4 rings (SSSR count). The molecule has 0 amide bonds. The Morgan fingerprint density at radius 2 is 2.06 bits per heavy atom. The lowest BCUT2D eigenvalue weighted by atomic mass is 9.74. The van der Waals surface area contributed by atoms with Crippen LogP contribution in [0.1, 0.15) is 49.8 Å². The van der Waals surface area contributed by atoms with Crippen LogP contribution in [-0.4, -0.2) is 42.2 Å². The van der Waals surface area contributed by atoms with Crippen molar-refractivity contribution in [3.63, 3.8) is 0 Å². The Labute approximate surface area is 195 Å². The fraction of sp³-hybridized carbons (Fsp3) is 0.500. The SMILES string of the molecule is CCc1cccc(Cl)c1COc1ccc2c(c1)OCC21CCN(CCC(C)C(=O)O)CC1. The predicted octanol–water partition coefficient (Wildman–Crippen LogP) is 5.32. The molecule has 1 atom stereocenters. The van der Waals surface area contributed by atoms with E-state index in [1.54, 1.807) is 6.92 Å². The maximum absolute atomic E-state index is 11.1. The van der Waals surface area contributed by atoms with Gasteiger partial charge < -0.3 is 19.5 Å². The van der Waals surface area contributed by atoms with E-state index in [9.17, 15) is 4.79 Å². The minimum absolute atomic E-state index is 0.0564. The fourth-order valence-electron chi connectivity index (χ4n) is 4.81. The summed E-state index contributed by atoms with van der Waals surface area (Å²) >= 11 is 6.39. The van der Waals surface area contributed by atoms with Crippen LogP contribution >= 0.6 is 11.6 Å². The molecule has 2 aliphatic heterocycles. The van der Waals surface area contributed by atoms with Crippen LogP contribution in [0.2, 0.25) is 5.02 Å². The lowest BCUT2D eigenvalue weighted by Crippen LogP contribution is -2.44. The van der Waals surface area contributed by atoms with Gasteiger partial charge in [-0.05, 0) is 63.0 Å². The van der Waals surface area contributed by atoms with Crippen LogP contribution in [0.4, 0.5) is 0 Å². The molecule has 0 aliphatic carbocycles. The topological polar surface area (TPSA) is 59.0 Å². The number of ether oxygens (including phenoxy) is 2. The second kappa shape index (κ2) is 9.72. The molecule has 2 aromatic rings. The number of nitrogens with zero attached hydrogens (tertiary/aromatic N) is 1. The van der Waals surface area contributed by atoms with Crippen LogP contribution in [-0.2, 0) is 23.2 Å². The van der Waals surface area contributed by atoms with Gasteiger partial charge in [0.25, 0.3) is 0 Å². The molecule has 2 heterocycles. The molecule has 1 spiro atoms. The first-order chi connectivity index (χ1) is 15.4. The van der Waals surface area contributed by atoms with Crippen molar-refractivity contribution in [1.82, 2.24) is 4.90 Å². The zero-order valence-electron chi connectivity index (χ0n) is 18.9.